The highest BCUT2D eigenvalue weighted by Crippen LogP contribution is 2.10. The molecule has 0 atom stereocenters. The Labute approximate surface area is 115 Å². The van der Waals surface area contributed by atoms with Gasteiger partial charge in [-0.05, 0) is 13.0 Å². The van der Waals surface area contributed by atoms with E-state index in [2.05, 4.69) is 31.1 Å². The number of rotatable bonds is 3. The molecule has 0 unspecified atom stereocenters. The van der Waals surface area contributed by atoms with Crippen LogP contribution in [0, 0.1) is 11.5 Å². The predicted molar refractivity (Wildman–Crippen MR) is 78.5 cm³/mol. The first-order valence-electron chi connectivity index (χ1n) is 6.33. The average Bonchev–Trinajstić information content (AvgIpc) is 2.34. The van der Waals surface area contributed by atoms with Crippen LogP contribution in [-0.4, -0.2) is 20.8 Å². The van der Waals surface area contributed by atoms with Crippen molar-refractivity contribution in [1.82, 2.24) is 0 Å². The second-order valence-electron chi connectivity index (χ2n) is 5.13. The fourth-order valence-corrected chi connectivity index (χ4v) is 1.83. The van der Waals surface area contributed by atoms with Gasteiger partial charge in [-0.1, -0.05) is 43.8 Å². The maximum atomic E-state index is 11.2. The second kappa shape index (κ2) is 7.00. The summed E-state index contributed by atoms with van der Waals surface area (Å²) in [5, 5.41) is 0. The van der Waals surface area contributed by atoms with Crippen molar-refractivity contribution in [3.8, 4) is 11.5 Å². The third-order valence-corrected chi connectivity index (χ3v) is 3.07. The van der Waals surface area contributed by atoms with Crippen molar-refractivity contribution in [2.45, 2.75) is 33.2 Å². The van der Waals surface area contributed by atoms with Crippen molar-refractivity contribution in [2.75, 3.05) is 6.61 Å². The third-order valence-electron chi connectivity index (χ3n) is 2.20. The monoisotopic (exact) mass is 276 g/mol. The first-order chi connectivity index (χ1) is 8.92. The highest BCUT2D eigenvalue weighted by atomic mass is 28.3. The van der Waals surface area contributed by atoms with E-state index in [1.807, 2.05) is 24.3 Å². The summed E-state index contributed by atoms with van der Waals surface area (Å²) in [4.78, 5) is 11.2. The zero-order chi connectivity index (χ0) is 14.3. The van der Waals surface area contributed by atoms with Gasteiger partial charge in [-0.3, -0.25) is 0 Å². The van der Waals surface area contributed by atoms with Crippen LogP contribution in [0.4, 0.5) is 4.79 Å². The van der Waals surface area contributed by atoms with E-state index in [9.17, 15) is 4.79 Å². The van der Waals surface area contributed by atoms with Gasteiger partial charge in [-0.25, -0.2) is 4.79 Å². The van der Waals surface area contributed by atoms with Gasteiger partial charge in [0.15, 0.2) is 0 Å². The first-order valence-corrected chi connectivity index (χ1v) is 9.83. The van der Waals surface area contributed by atoms with Crippen LogP contribution < -0.4 is 0 Å². The standard InChI is InChI=1S/C15H20O3Si/c1-5-17-15(16)18-12-14-9-7-6-8-13(14)10-11-19(2,3)4/h6-9H,5,12H2,1-4H3. The van der Waals surface area contributed by atoms with Gasteiger partial charge in [0.05, 0.1) is 6.61 Å². The zero-order valence-corrected chi connectivity index (χ0v) is 12.9. The van der Waals surface area contributed by atoms with Crippen molar-refractivity contribution >= 4 is 14.2 Å². The number of hydrogen-bond acceptors (Lipinski definition) is 3. The summed E-state index contributed by atoms with van der Waals surface area (Å²) in [6, 6.07) is 7.69. The molecule has 0 bridgehead atoms. The molecule has 0 spiro atoms. The van der Waals surface area contributed by atoms with Crippen LogP contribution in [0.1, 0.15) is 18.1 Å². The van der Waals surface area contributed by atoms with E-state index in [0.717, 1.165) is 11.1 Å². The maximum Gasteiger partial charge on any atom is 0.508 e. The van der Waals surface area contributed by atoms with Crippen LogP contribution in [0.2, 0.25) is 19.6 Å². The molecule has 0 heterocycles. The second-order valence-corrected chi connectivity index (χ2v) is 9.88. The molecule has 0 radical (unpaired) electrons. The maximum absolute atomic E-state index is 11.2. The van der Waals surface area contributed by atoms with Crippen LogP contribution in [0.25, 0.3) is 0 Å². The lowest BCUT2D eigenvalue weighted by molar-refractivity contribution is 0.0535. The molecule has 0 aliphatic heterocycles. The van der Waals surface area contributed by atoms with E-state index in [4.69, 9.17) is 9.47 Å². The van der Waals surface area contributed by atoms with Crippen LogP contribution in [0.15, 0.2) is 24.3 Å². The molecular formula is C15H20O3Si. The topological polar surface area (TPSA) is 35.5 Å². The smallest absolute Gasteiger partial charge is 0.435 e. The van der Waals surface area contributed by atoms with Gasteiger partial charge in [0, 0.05) is 11.1 Å². The molecule has 0 saturated heterocycles. The van der Waals surface area contributed by atoms with Gasteiger partial charge in [0.1, 0.15) is 14.7 Å². The van der Waals surface area contributed by atoms with Crippen molar-refractivity contribution in [2.24, 2.45) is 0 Å². The van der Waals surface area contributed by atoms with E-state index in [1.54, 1.807) is 6.92 Å². The summed E-state index contributed by atoms with van der Waals surface area (Å²) in [7, 11) is -1.41. The normalized spacial score (nSPS) is 10.3. The quantitative estimate of drug-likeness (QED) is 0.481. The molecule has 4 heteroatoms. The Kier molecular flexibility index (Phi) is 5.65. The Morgan fingerprint density at radius 1 is 1.21 bits per heavy atom. The first kappa shape index (κ1) is 15.3. The molecule has 0 aliphatic rings. The summed E-state index contributed by atoms with van der Waals surface area (Å²) in [6.07, 6.45) is -0.643. The fraction of sp³-hybridized carbons (Fsp3) is 0.400. The fourth-order valence-electron chi connectivity index (χ4n) is 1.32. The molecule has 3 nitrogen and oxygen atoms in total. The Morgan fingerprint density at radius 2 is 1.89 bits per heavy atom. The Balaban J connectivity index is 2.78. The van der Waals surface area contributed by atoms with Crippen LogP contribution in [0.3, 0.4) is 0 Å². The summed E-state index contributed by atoms with van der Waals surface area (Å²) in [6.45, 7) is 8.83. The number of ether oxygens (including phenoxy) is 2. The number of benzene rings is 1. The van der Waals surface area contributed by atoms with Crippen molar-refractivity contribution in [3.05, 3.63) is 35.4 Å². The van der Waals surface area contributed by atoms with Gasteiger partial charge >= 0.3 is 6.16 Å². The van der Waals surface area contributed by atoms with Crippen LogP contribution in [0.5, 0.6) is 0 Å². The minimum atomic E-state index is -1.41. The van der Waals surface area contributed by atoms with Gasteiger partial charge in [-0.2, -0.15) is 0 Å². The van der Waals surface area contributed by atoms with E-state index in [0.29, 0.717) is 6.61 Å². The molecular weight excluding hydrogens is 256 g/mol. The van der Waals surface area contributed by atoms with E-state index < -0.39 is 14.2 Å². The molecule has 19 heavy (non-hydrogen) atoms. The van der Waals surface area contributed by atoms with Crippen molar-refractivity contribution in [3.63, 3.8) is 0 Å². The lowest BCUT2D eigenvalue weighted by Gasteiger charge is -2.07. The van der Waals surface area contributed by atoms with E-state index in [1.165, 1.54) is 0 Å². The Bertz CT molecular complexity index is 492. The lowest BCUT2D eigenvalue weighted by atomic mass is 10.1. The summed E-state index contributed by atoms with van der Waals surface area (Å²) < 4.78 is 9.75. The molecule has 0 saturated carbocycles. The number of carbonyl (C=O) groups is 1. The van der Waals surface area contributed by atoms with E-state index in [-0.39, 0.29) is 6.61 Å². The lowest BCUT2D eigenvalue weighted by Crippen LogP contribution is -2.16. The Morgan fingerprint density at radius 3 is 2.53 bits per heavy atom. The van der Waals surface area contributed by atoms with Crippen LogP contribution >= 0.6 is 0 Å². The van der Waals surface area contributed by atoms with E-state index >= 15 is 0 Å². The zero-order valence-electron chi connectivity index (χ0n) is 11.9. The molecule has 0 N–H and O–H groups in total. The van der Waals surface area contributed by atoms with Gasteiger partial charge in [0.2, 0.25) is 0 Å². The molecule has 0 amide bonds. The summed E-state index contributed by atoms with van der Waals surface area (Å²) in [5.41, 5.74) is 5.12. The summed E-state index contributed by atoms with van der Waals surface area (Å²) >= 11 is 0. The van der Waals surface area contributed by atoms with Crippen LogP contribution in [-0.2, 0) is 16.1 Å². The average molecular weight is 276 g/mol. The van der Waals surface area contributed by atoms with Gasteiger partial charge in [-0.15, -0.1) is 5.54 Å². The minimum Gasteiger partial charge on any atom is -0.435 e. The molecule has 0 fully saturated rings. The SMILES string of the molecule is CCOC(=O)OCc1ccccc1C#C[Si](C)(C)C. The van der Waals surface area contributed by atoms with Crippen molar-refractivity contribution < 1.29 is 14.3 Å². The molecule has 1 aromatic carbocycles. The largest absolute Gasteiger partial charge is 0.508 e. The molecule has 1 rings (SSSR count). The number of hydrogen-bond donors (Lipinski definition) is 0. The minimum absolute atomic E-state index is 0.190. The molecule has 0 aromatic heterocycles. The molecule has 0 aliphatic carbocycles. The highest BCUT2D eigenvalue weighted by molar-refractivity contribution is 6.83. The highest BCUT2D eigenvalue weighted by Gasteiger charge is 2.09. The third kappa shape index (κ3) is 6.12. The van der Waals surface area contributed by atoms with Gasteiger partial charge in [0.25, 0.3) is 0 Å². The molecule has 102 valence electrons. The predicted octanol–water partition coefficient (Wildman–Crippen LogP) is 3.59. The Hall–Kier alpha value is -1.73. The van der Waals surface area contributed by atoms with Crippen molar-refractivity contribution in [1.29, 1.82) is 0 Å². The summed E-state index contributed by atoms with van der Waals surface area (Å²) in [5.74, 6) is 3.19. The van der Waals surface area contributed by atoms with Gasteiger partial charge < -0.3 is 9.47 Å². The molecule has 1 aromatic rings. The number of carbonyl (C=O) groups excluding carboxylic acids is 1.